The van der Waals surface area contributed by atoms with Crippen molar-refractivity contribution < 1.29 is 49.2 Å². The van der Waals surface area contributed by atoms with Crippen molar-refractivity contribution in [2.24, 2.45) is 0 Å². The zero-order valence-electron chi connectivity index (χ0n) is 80.0. The summed E-state index contributed by atoms with van der Waals surface area (Å²) in [4.78, 5) is 50.2. The minimum Gasteiger partial charge on any atom is -0.509 e. The van der Waals surface area contributed by atoms with E-state index in [2.05, 4.69) is 62.0 Å². The predicted molar refractivity (Wildman–Crippen MR) is 546 cm³/mol. The molecule has 137 heavy (non-hydrogen) atoms. The monoisotopic (exact) mass is 1840 g/mol. The van der Waals surface area contributed by atoms with Gasteiger partial charge in [-0.2, -0.15) is 0 Å². The van der Waals surface area contributed by atoms with Gasteiger partial charge in [0.15, 0.2) is 0 Å². The molecule has 31 nitrogen and oxygen atoms in total. The van der Waals surface area contributed by atoms with E-state index in [-0.39, 0.29) is 58.0 Å². The molecule has 0 atom stereocenters. The average molecular weight is 1840 g/mol. The molecule has 5 aliphatic rings. The van der Waals surface area contributed by atoms with E-state index in [0.717, 1.165) is 106 Å². The van der Waals surface area contributed by atoms with Gasteiger partial charge in [-0.05, 0) is 228 Å². The Balaban J connectivity index is 0.000000124. The number of hydrogen-bond donors (Lipinski definition) is 15. The van der Waals surface area contributed by atoms with E-state index in [1.165, 1.54) is 0 Å². The lowest BCUT2D eigenvalue weighted by atomic mass is 10.00. The summed E-state index contributed by atoms with van der Waals surface area (Å²) < 4.78 is 26.9. The molecular formula is C106H113N21O10. The number of amidine groups is 5. The van der Waals surface area contributed by atoms with Gasteiger partial charge in [0.1, 0.15) is 116 Å². The zero-order valence-corrected chi connectivity index (χ0v) is 80.0. The van der Waals surface area contributed by atoms with Crippen LogP contribution in [0.2, 0.25) is 0 Å². The number of rotatable bonds is 18. The summed E-state index contributed by atoms with van der Waals surface area (Å²) in [5.74, 6) is 7.55. The van der Waals surface area contributed by atoms with Gasteiger partial charge in [-0.15, -0.1) is 0 Å². The normalized spacial score (nSPS) is 16.3. The Morgan fingerprint density at radius 1 is 0.321 bits per heavy atom. The van der Waals surface area contributed by atoms with Crippen molar-refractivity contribution in [2.45, 2.75) is 117 Å². The number of aromatic nitrogens is 10. The molecule has 20 rings (SSSR count). The van der Waals surface area contributed by atoms with Crippen LogP contribution < -0.4 is 48.2 Å². The van der Waals surface area contributed by atoms with Crippen LogP contribution in [0.1, 0.15) is 115 Å². The summed E-state index contributed by atoms with van der Waals surface area (Å²) in [6, 6.07) is 71.1. The predicted octanol–water partition coefficient (Wildman–Crippen LogP) is 21.3. The maximum absolute atomic E-state index is 11.1. The Morgan fingerprint density at radius 2 is 0.657 bits per heavy atom. The third-order valence-electron chi connectivity index (χ3n) is 25.7. The lowest BCUT2D eigenvalue weighted by molar-refractivity contribution is 0.198. The fourth-order valence-electron chi connectivity index (χ4n) is 18.1. The second-order valence-corrected chi connectivity index (χ2v) is 36.6. The zero-order chi connectivity index (χ0) is 98.0. The van der Waals surface area contributed by atoms with Gasteiger partial charge >= 0.3 is 0 Å². The van der Waals surface area contributed by atoms with Crippen molar-refractivity contribution in [3.63, 3.8) is 0 Å². The minimum atomic E-state index is -0.870. The molecular weight excluding hydrogens is 1730 g/mol. The number of aliphatic hydroxyl groups excluding tert-OH is 5. The number of anilines is 5. The Kier molecular flexibility index (Phi) is 24.9. The average Bonchev–Trinajstić information content (AvgIpc) is 1.58. The van der Waals surface area contributed by atoms with E-state index in [9.17, 15) is 25.5 Å². The number of fused-ring (bicyclic) bond motifs is 5. The Hall–Kier alpha value is -16.6. The van der Waals surface area contributed by atoms with Crippen molar-refractivity contribution in [3.05, 3.63) is 299 Å². The van der Waals surface area contributed by atoms with Crippen LogP contribution in [0, 0.1) is 40.9 Å². The van der Waals surface area contributed by atoms with E-state index in [1.807, 2.05) is 311 Å². The van der Waals surface area contributed by atoms with Crippen molar-refractivity contribution in [2.75, 3.05) is 80.7 Å². The fourth-order valence-corrected chi connectivity index (χ4v) is 18.1. The lowest BCUT2D eigenvalue weighted by Crippen LogP contribution is -2.44. The molecule has 0 spiro atoms. The first-order valence-electron chi connectivity index (χ1n) is 44.6. The van der Waals surface area contributed by atoms with Crippen molar-refractivity contribution >= 4 is 141 Å². The smallest absolute Gasteiger partial charge is 0.145 e. The molecule has 0 saturated heterocycles. The van der Waals surface area contributed by atoms with Crippen molar-refractivity contribution in [3.8, 4) is 28.7 Å². The number of imidazole rings is 5. The first-order valence-corrected chi connectivity index (χ1v) is 44.6. The Bertz CT molecular complexity index is 7310. The van der Waals surface area contributed by atoms with Gasteiger partial charge in [-0.3, -0.25) is 27.0 Å². The molecule has 15 N–H and O–H groups in total. The highest BCUT2D eigenvalue weighted by atomic mass is 16.5. The van der Waals surface area contributed by atoms with Gasteiger partial charge in [0.05, 0.1) is 152 Å². The number of aromatic amines is 5. The lowest BCUT2D eigenvalue weighted by Gasteiger charge is -2.34. The molecule has 0 amide bonds. The summed E-state index contributed by atoms with van der Waals surface area (Å²) in [5.41, 5.74) is 14.1. The van der Waals surface area contributed by atoms with Crippen LogP contribution in [-0.2, 0) is 6.42 Å². The molecule has 15 aromatic rings. The topological polar surface area (TPSA) is 429 Å². The van der Waals surface area contributed by atoms with Crippen molar-refractivity contribution in [1.29, 1.82) is 27.0 Å². The molecule has 5 aromatic heterocycles. The maximum Gasteiger partial charge on any atom is 0.145 e. The summed E-state index contributed by atoms with van der Waals surface area (Å²) in [6.45, 7) is 23.6. The molecule has 0 aliphatic carbocycles. The third-order valence-corrected chi connectivity index (χ3v) is 25.7. The third kappa shape index (κ3) is 17.0. The van der Waals surface area contributed by atoms with Gasteiger partial charge in [0, 0.05) is 61.6 Å². The number of nitrogens with zero attached hydrogens (tertiary/aromatic N) is 11. The van der Waals surface area contributed by atoms with E-state index >= 15 is 0 Å². The van der Waals surface area contributed by atoms with Gasteiger partial charge < -0.3 is 104 Å². The molecule has 0 bridgehead atoms. The van der Waals surface area contributed by atoms with Crippen LogP contribution >= 0.6 is 0 Å². The number of aryl methyl sites for hydroxylation is 2. The van der Waals surface area contributed by atoms with Crippen molar-refractivity contribution in [1.82, 2.24) is 54.7 Å². The summed E-state index contributed by atoms with van der Waals surface area (Å²) in [7, 11) is 12.0. The van der Waals surface area contributed by atoms with Crippen LogP contribution in [0.25, 0.3) is 83.0 Å². The largest absolute Gasteiger partial charge is 0.509 e. The fraction of sp³-hybridized carbons (Fsp3) is 0.245. The molecule has 10 heterocycles. The number of hydrogen-bond acceptors (Lipinski definition) is 21. The molecule has 31 heteroatoms. The number of para-hydroxylation sites is 10. The number of benzene rings is 10. The second kappa shape index (κ2) is 36.4. The Labute approximate surface area is 793 Å². The summed E-state index contributed by atoms with van der Waals surface area (Å²) in [6.07, 6.45) is 0.667. The molecule has 0 radical (unpaired) electrons. The summed E-state index contributed by atoms with van der Waals surface area (Å²) in [5, 5.41) is 99.0. The number of ether oxygens (including phenoxy) is 5. The molecule has 702 valence electrons. The molecule has 0 unspecified atom stereocenters. The first kappa shape index (κ1) is 93.6. The molecule has 0 fully saturated rings. The molecule has 0 saturated carbocycles. The second-order valence-electron chi connectivity index (χ2n) is 36.6. The SMILES string of the molecule is CN(C)c1cccc(N2C(=N)C(c3nc4ccccc4[nH]3)=C(O)C2(C)C)c1.COc1cc(CCN2C(=N)C(c3nc4ccccc4[nH]3)=C(O)C2(C)C)cc(OC)c1.COc1ccc(OC)c(N2C(=N)C(c3nc4ccccc4[nH]3)=C(O)C2(C)C)c1.COc1cccc(N2C(=N)C(c3nc4ccccc4[nH]3)=C(O)C2(C)C)c1.Cc1ccc(C)c(N2C(=N)C(c3nc4ccccc4[nH]3)=C(O)C2(C)C)c1. The van der Waals surface area contributed by atoms with E-state index < -0.39 is 27.7 Å². The van der Waals surface area contributed by atoms with E-state index in [0.29, 0.717) is 92.9 Å². The number of aliphatic hydroxyl groups is 5. The van der Waals surface area contributed by atoms with Gasteiger partial charge in [-0.1, -0.05) is 84.9 Å². The van der Waals surface area contributed by atoms with Crippen LogP contribution in [0.5, 0.6) is 28.7 Å². The highest BCUT2D eigenvalue weighted by molar-refractivity contribution is 6.34. The molecule has 10 aromatic carbocycles. The van der Waals surface area contributed by atoms with Gasteiger partial charge in [0.2, 0.25) is 0 Å². The Morgan fingerprint density at radius 3 is 1.03 bits per heavy atom. The van der Waals surface area contributed by atoms with E-state index in [1.54, 1.807) is 63.5 Å². The van der Waals surface area contributed by atoms with Crippen LogP contribution in [-0.4, -0.2) is 193 Å². The highest BCUT2D eigenvalue weighted by Crippen LogP contribution is 2.50. The van der Waals surface area contributed by atoms with Gasteiger partial charge in [0.25, 0.3) is 0 Å². The quantitative estimate of drug-likeness (QED) is 0.0379. The molecule has 5 aliphatic heterocycles. The minimum absolute atomic E-state index is 0.0708. The van der Waals surface area contributed by atoms with Crippen LogP contribution in [0.3, 0.4) is 0 Å². The number of H-pyrrole nitrogens is 5. The number of methoxy groups -OCH3 is 5. The van der Waals surface area contributed by atoms with E-state index in [4.69, 9.17) is 50.7 Å². The maximum atomic E-state index is 11.1. The van der Waals surface area contributed by atoms with Crippen LogP contribution in [0.4, 0.5) is 28.4 Å². The standard InChI is InChI=1S/C23H26N4O3.C21H23N5O.C21H22N4O3.C21H22N4O.C20H20N4O2/c1-23(2)20(28)19(22-25-17-7-5-6-8-18(17)26-22)21(24)27(23)10-9-14-11-15(29-3)13-16(12-14)30-4;1-21(2)18(27)17(20-23-15-10-5-6-11-16(15)24-20)19(22)26(21)14-9-7-8-13(12-14)25(3)4;1-21(2)18(26)17(20-23-13-7-5-6-8-14(13)24-20)19(22)25(21)15-11-12(27-3)9-10-16(15)28-4;1-12-9-10-13(2)16(11-12)25-19(22)17(18(26)21(25,3)4)20-23-14-7-5-6-8-15(14)24-20;1-20(2)17(25)16(19-22-14-9-4-5-10-15(14)23-19)18(21)24(20)12-7-6-8-13(11-12)26-3/h5-8,11-13,24,28H,9-10H2,1-4H3,(H,25,26);5-12,22,27H,1-4H3,(H,23,24);5-11,22,26H,1-4H3,(H,23,24);5-11,22,26H,1-4H3,(H,23,24);4-11,21,25H,1-3H3,(H,22,23). The van der Waals surface area contributed by atoms with Crippen LogP contribution in [0.15, 0.2) is 253 Å². The number of nitrogens with one attached hydrogen (secondary N) is 10. The first-order chi connectivity index (χ1) is 65.3. The summed E-state index contributed by atoms with van der Waals surface area (Å²) >= 11 is 0. The highest BCUT2D eigenvalue weighted by Gasteiger charge is 2.51. The van der Waals surface area contributed by atoms with Gasteiger partial charge in [-0.25, -0.2) is 24.9 Å².